The number of thiazole rings is 1. The molecule has 0 saturated heterocycles. The van der Waals surface area contributed by atoms with Crippen molar-refractivity contribution in [1.82, 2.24) is 14.6 Å². The van der Waals surface area contributed by atoms with Crippen LogP contribution in [0.25, 0.3) is 4.96 Å². The molecule has 4 aromatic rings. The zero-order valence-corrected chi connectivity index (χ0v) is 16.5. The van der Waals surface area contributed by atoms with Crippen molar-refractivity contribution in [3.8, 4) is 11.6 Å². The number of nitrogens with zero attached hydrogens (tertiary/aromatic N) is 4. The van der Waals surface area contributed by atoms with Gasteiger partial charge in [-0.05, 0) is 42.7 Å². The molecule has 0 bridgehead atoms. The van der Waals surface area contributed by atoms with E-state index in [2.05, 4.69) is 45.3 Å². The van der Waals surface area contributed by atoms with E-state index in [9.17, 15) is 5.11 Å². The molecular formula is C21H20N4O2S. The van der Waals surface area contributed by atoms with Crippen molar-refractivity contribution < 1.29 is 9.84 Å². The molecule has 3 heterocycles. The van der Waals surface area contributed by atoms with Crippen LogP contribution in [-0.4, -0.2) is 33.4 Å². The number of hydrogen-bond acceptors (Lipinski definition) is 6. The zero-order valence-electron chi connectivity index (χ0n) is 15.7. The molecule has 1 unspecified atom stereocenters. The second kappa shape index (κ2) is 6.53. The van der Waals surface area contributed by atoms with Gasteiger partial charge in [0.2, 0.25) is 10.8 Å². The average Bonchev–Trinajstić information content (AvgIpc) is 3.38. The molecule has 0 spiro atoms. The maximum Gasteiger partial charge on any atom is 0.230 e. The van der Waals surface area contributed by atoms with Crippen LogP contribution in [0.4, 0.5) is 5.69 Å². The highest BCUT2D eigenvalue weighted by Crippen LogP contribution is 2.44. The van der Waals surface area contributed by atoms with E-state index < -0.39 is 0 Å². The lowest BCUT2D eigenvalue weighted by Gasteiger charge is -2.30. The Hall–Kier alpha value is -3.06. The molecule has 6 nitrogen and oxygen atoms in total. The second-order valence-electron chi connectivity index (χ2n) is 6.89. The van der Waals surface area contributed by atoms with Gasteiger partial charge in [-0.15, -0.1) is 5.10 Å². The molecule has 1 aliphatic heterocycles. The maximum absolute atomic E-state index is 11.0. The summed E-state index contributed by atoms with van der Waals surface area (Å²) >= 11 is 1.48. The van der Waals surface area contributed by atoms with E-state index in [1.54, 1.807) is 7.11 Å². The molecule has 7 heteroatoms. The van der Waals surface area contributed by atoms with Crippen LogP contribution in [0.1, 0.15) is 27.9 Å². The molecule has 0 saturated carbocycles. The normalized spacial score (nSPS) is 14.4. The van der Waals surface area contributed by atoms with E-state index in [4.69, 9.17) is 4.74 Å². The molecule has 0 radical (unpaired) electrons. The Labute approximate surface area is 166 Å². The van der Waals surface area contributed by atoms with Crippen LogP contribution in [0.3, 0.4) is 0 Å². The molecule has 0 fully saturated rings. The molecule has 0 amide bonds. The van der Waals surface area contributed by atoms with E-state index >= 15 is 0 Å². The Morgan fingerprint density at radius 2 is 2.04 bits per heavy atom. The summed E-state index contributed by atoms with van der Waals surface area (Å²) in [7, 11) is 1.67. The van der Waals surface area contributed by atoms with Crippen LogP contribution in [0.2, 0.25) is 0 Å². The summed E-state index contributed by atoms with van der Waals surface area (Å²) in [6.45, 7) is 2.71. The molecule has 1 N–H and O–H groups in total. The second-order valence-corrected chi connectivity index (χ2v) is 7.90. The molecule has 142 valence electrons. The molecule has 1 aliphatic rings. The summed E-state index contributed by atoms with van der Waals surface area (Å²) in [5.41, 5.74) is 3.59. The summed E-state index contributed by atoms with van der Waals surface area (Å²) in [5.74, 6) is 1.60. The molecule has 1 atom stereocenters. The fourth-order valence-corrected chi connectivity index (χ4v) is 5.08. The number of benzene rings is 2. The average molecular weight is 392 g/mol. The third-order valence-corrected chi connectivity index (χ3v) is 6.27. The molecule has 2 aromatic carbocycles. The van der Waals surface area contributed by atoms with E-state index in [1.165, 1.54) is 27.1 Å². The Kier molecular flexibility index (Phi) is 3.98. The van der Waals surface area contributed by atoms with Gasteiger partial charge in [0.05, 0.1) is 18.0 Å². The number of aromatic nitrogens is 3. The first-order chi connectivity index (χ1) is 13.7. The van der Waals surface area contributed by atoms with Crippen LogP contribution in [0, 0.1) is 6.92 Å². The fraction of sp³-hybridized carbons (Fsp3) is 0.238. The van der Waals surface area contributed by atoms with Crippen LogP contribution < -0.4 is 9.64 Å². The molecular weight excluding hydrogens is 372 g/mol. The number of anilines is 1. The summed E-state index contributed by atoms with van der Waals surface area (Å²) in [5, 5.41) is 15.3. The highest BCUT2D eigenvalue weighted by molar-refractivity contribution is 7.17. The number of para-hydroxylation sites is 1. The van der Waals surface area contributed by atoms with Crippen molar-refractivity contribution in [1.29, 1.82) is 0 Å². The number of hydrogen-bond donors (Lipinski definition) is 1. The third-order valence-electron chi connectivity index (χ3n) is 5.20. The van der Waals surface area contributed by atoms with Gasteiger partial charge in [0.15, 0.2) is 0 Å². The van der Waals surface area contributed by atoms with Crippen LogP contribution in [0.5, 0.6) is 11.6 Å². The Bertz CT molecular complexity index is 1170. The lowest BCUT2D eigenvalue weighted by Crippen LogP contribution is -2.27. The Morgan fingerprint density at radius 1 is 1.18 bits per heavy atom. The third kappa shape index (κ3) is 2.62. The van der Waals surface area contributed by atoms with Gasteiger partial charge in [-0.2, -0.15) is 4.52 Å². The molecule has 28 heavy (non-hydrogen) atoms. The van der Waals surface area contributed by atoms with Crippen molar-refractivity contribution >= 4 is 22.0 Å². The van der Waals surface area contributed by atoms with Gasteiger partial charge in [-0.25, -0.2) is 4.98 Å². The standard InChI is InChI=1S/C21H20N4O2S/c1-13-22-21-25(23-13)20(26)19(28-21)18(15-7-5-8-16(12-15)27-2)24-11-10-14-6-3-4-9-17(14)24/h3-9,12,18,26H,10-11H2,1-2H3. The Morgan fingerprint density at radius 3 is 2.86 bits per heavy atom. The van der Waals surface area contributed by atoms with Crippen LogP contribution in [-0.2, 0) is 6.42 Å². The summed E-state index contributed by atoms with van der Waals surface area (Å²) in [4.78, 5) is 8.32. The van der Waals surface area contributed by atoms with Crippen LogP contribution >= 0.6 is 11.3 Å². The summed E-state index contributed by atoms with van der Waals surface area (Å²) in [6, 6.07) is 16.3. The van der Waals surface area contributed by atoms with Crippen molar-refractivity contribution in [2.75, 3.05) is 18.6 Å². The first kappa shape index (κ1) is 17.1. The highest BCUT2D eigenvalue weighted by atomic mass is 32.1. The largest absolute Gasteiger partial charge is 0.497 e. The molecule has 0 aliphatic carbocycles. The summed E-state index contributed by atoms with van der Waals surface area (Å²) in [6.07, 6.45) is 0.983. The van der Waals surface area contributed by atoms with Gasteiger partial charge in [0.1, 0.15) is 11.6 Å². The van der Waals surface area contributed by atoms with Gasteiger partial charge in [0, 0.05) is 12.2 Å². The molecule has 5 rings (SSSR count). The number of methoxy groups -OCH3 is 1. The Balaban J connectivity index is 1.70. The van der Waals surface area contributed by atoms with Crippen molar-refractivity contribution in [2.45, 2.75) is 19.4 Å². The number of aryl methyl sites for hydroxylation is 1. The monoisotopic (exact) mass is 392 g/mol. The first-order valence-corrected chi connectivity index (χ1v) is 10.0. The highest BCUT2D eigenvalue weighted by Gasteiger charge is 2.33. The maximum atomic E-state index is 11.0. The smallest absolute Gasteiger partial charge is 0.230 e. The van der Waals surface area contributed by atoms with Gasteiger partial charge >= 0.3 is 0 Å². The number of ether oxygens (including phenoxy) is 1. The van der Waals surface area contributed by atoms with Crippen molar-refractivity contribution in [2.24, 2.45) is 0 Å². The van der Waals surface area contributed by atoms with E-state index in [0.717, 1.165) is 29.2 Å². The zero-order chi connectivity index (χ0) is 19.3. The lowest BCUT2D eigenvalue weighted by molar-refractivity contribution is 0.413. The van der Waals surface area contributed by atoms with Gasteiger partial charge in [0.25, 0.3) is 0 Å². The van der Waals surface area contributed by atoms with E-state index in [1.807, 2.05) is 25.1 Å². The van der Waals surface area contributed by atoms with Crippen molar-refractivity contribution in [3.63, 3.8) is 0 Å². The van der Waals surface area contributed by atoms with Crippen molar-refractivity contribution in [3.05, 3.63) is 70.4 Å². The SMILES string of the molecule is COc1cccc(C(c2sc3nc(C)nn3c2O)N2CCc3ccccc32)c1. The minimum Gasteiger partial charge on any atom is -0.497 e. The minimum atomic E-state index is -0.146. The van der Waals surface area contributed by atoms with Crippen LogP contribution in [0.15, 0.2) is 48.5 Å². The van der Waals surface area contributed by atoms with Gasteiger partial charge in [-0.3, -0.25) is 0 Å². The van der Waals surface area contributed by atoms with E-state index in [-0.39, 0.29) is 11.9 Å². The van der Waals surface area contributed by atoms with Gasteiger partial charge < -0.3 is 14.7 Å². The number of aromatic hydroxyl groups is 1. The predicted octanol–water partition coefficient (Wildman–Crippen LogP) is 3.97. The van der Waals surface area contributed by atoms with E-state index in [0.29, 0.717) is 10.8 Å². The number of fused-ring (bicyclic) bond motifs is 2. The minimum absolute atomic E-state index is 0.146. The quantitative estimate of drug-likeness (QED) is 0.569. The first-order valence-electron chi connectivity index (χ1n) is 9.19. The topological polar surface area (TPSA) is 62.9 Å². The molecule has 2 aromatic heterocycles. The van der Waals surface area contributed by atoms with Gasteiger partial charge in [-0.1, -0.05) is 41.7 Å². The lowest BCUT2D eigenvalue weighted by atomic mass is 10.0. The fourth-order valence-electron chi connectivity index (χ4n) is 3.94. The summed E-state index contributed by atoms with van der Waals surface area (Å²) < 4.78 is 6.99. The predicted molar refractivity (Wildman–Crippen MR) is 110 cm³/mol. The number of rotatable bonds is 4.